The van der Waals surface area contributed by atoms with E-state index in [1.54, 1.807) is 29.7 Å². The Labute approximate surface area is 135 Å². The van der Waals surface area contributed by atoms with Crippen LogP contribution in [0.3, 0.4) is 0 Å². The standard InChI is InChI=1S/C16H12FN5S/c1-21-10-12(13-5-3-9-23-13)18-15(21)7-6-14-19-16-11(17)4-2-8-22(16)20-14/h2-10H,1H3/b7-6+. The molecule has 0 saturated heterocycles. The van der Waals surface area contributed by atoms with Crippen LogP contribution in [-0.2, 0) is 7.05 Å². The summed E-state index contributed by atoms with van der Waals surface area (Å²) in [6, 6.07) is 6.99. The van der Waals surface area contributed by atoms with Gasteiger partial charge >= 0.3 is 0 Å². The van der Waals surface area contributed by atoms with Gasteiger partial charge in [0.05, 0.1) is 10.6 Å². The van der Waals surface area contributed by atoms with Gasteiger partial charge in [-0.05, 0) is 35.7 Å². The molecule has 0 aliphatic carbocycles. The maximum Gasteiger partial charge on any atom is 0.191 e. The third kappa shape index (κ3) is 2.55. The van der Waals surface area contributed by atoms with E-state index in [2.05, 4.69) is 15.1 Å². The van der Waals surface area contributed by atoms with Gasteiger partial charge in [0.15, 0.2) is 17.3 Å². The van der Waals surface area contributed by atoms with Crippen LogP contribution < -0.4 is 0 Å². The largest absolute Gasteiger partial charge is 0.334 e. The lowest BCUT2D eigenvalue weighted by atomic mass is 10.4. The van der Waals surface area contributed by atoms with Gasteiger partial charge in [-0.2, -0.15) is 0 Å². The lowest BCUT2D eigenvalue weighted by Gasteiger charge is -1.91. The molecule has 0 atom stereocenters. The number of halogens is 1. The van der Waals surface area contributed by atoms with Gasteiger partial charge < -0.3 is 4.57 Å². The fourth-order valence-electron chi connectivity index (χ4n) is 2.29. The van der Waals surface area contributed by atoms with E-state index in [1.165, 1.54) is 10.6 Å². The lowest BCUT2D eigenvalue weighted by Crippen LogP contribution is -1.89. The van der Waals surface area contributed by atoms with Gasteiger partial charge in [-0.15, -0.1) is 16.4 Å². The zero-order valence-electron chi connectivity index (χ0n) is 12.2. The summed E-state index contributed by atoms with van der Waals surface area (Å²) in [5, 5.41) is 6.24. The average Bonchev–Trinajstić information content (AvgIpc) is 3.24. The molecule has 0 aromatic carbocycles. The van der Waals surface area contributed by atoms with E-state index in [4.69, 9.17) is 0 Å². The molecule has 0 bridgehead atoms. The normalized spacial score (nSPS) is 11.7. The summed E-state index contributed by atoms with van der Waals surface area (Å²) in [6.45, 7) is 0. The van der Waals surface area contributed by atoms with Gasteiger partial charge in [-0.3, -0.25) is 0 Å². The van der Waals surface area contributed by atoms with Gasteiger partial charge in [0.1, 0.15) is 5.82 Å². The number of nitrogens with zero attached hydrogens (tertiary/aromatic N) is 5. The molecule has 4 aromatic rings. The van der Waals surface area contributed by atoms with Crippen LogP contribution in [-0.4, -0.2) is 24.1 Å². The van der Waals surface area contributed by atoms with Gasteiger partial charge in [-0.25, -0.2) is 18.9 Å². The summed E-state index contributed by atoms with van der Waals surface area (Å²) in [5.41, 5.74) is 1.14. The molecule has 7 heteroatoms. The van der Waals surface area contributed by atoms with Crippen molar-refractivity contribution in [2.75, 3.05) is 0 Å². The van der Waals surface area contributed by atoms with Crippen molar-refractivity contribution in [2.45, 2.75) is 0 Å². The molecule has 4 rings (SSSR count). The molecule has 0 aliphatic rings. The van der Waals surface area contributed by atoms with Gasteiger partial charge in [0, 0.05) is 19.4 Å². The number of hydrogen-bond acceptors (Lipinski definition) is 4. The Bertz CT molecular complexity index is 997. The van der Waals surface area contributed by atoms with E-state index in [1.807, 2.05) is 41.4 Å². The minimum atomic E-state index is -0.392. The van der Waals surface area contributed by atoms with Crippen LogP contribution in [0, 0.1) is 5.82 Å². The molecular formula is C16H12FN5S. The molecule has 0 radical (unpaired) electrons. The highest BCUT2D eigenvalue weighted by atomic mass is 32.1. The summed E-state index contributed by atoms with van der Waals surface area (Å²) < 4.78 is 17.0. The minimum Gasteiger partial charge on any atom is -0.334 e. The first-order valence-corrected chi connectivity index (χ1v) is 7.85. The number of imidazole rings is 1. The molecule has 114 valence electrons. The Morgan fingerprint density at radius 1 is 1.17 bits per heavy atom. The van der Waals surface area contributed by atoms with E-state index < -0.39 is 5.82 Å². The molecule has 0 unspecified atom stereocenters. The van der Waals surface area contributed by atoms with Gasteiger partial charge in [0.2, 0.25) is 0 Å². The van der Waals surface area contributed by atoms with Crippen LogP contribution >= 0.6 is 11.3 Å². The van der Waals surface area contributed by atoms with Crippen molar-refractivity contribution >= 4 is 29.1 Å². The summed E-state index contributed by atoms with van der Waals surface area (Å²) in [4.78, 5) is 9.88. The second kappa shape index (κ2) is 5.44. The van der Waals surface area contributed by atoms with E-state index in [-0.39, 0.29) is 5.65 Å². The van der Waals surface area contributed by atoms with E-state index in [0.29, 0.717) is 5.82 Å². The molecule has 0 spiro atoms. The van der Waals surface area contributed by atoms with Crippen LogP contribution in [0.4, 0.5) is 4.39 Å². The molecule has 4 aromatic heterocycles. The lowest BCUT2D eigenvalue weighted by molar-refractivity contribution is 0.627. The van der Waals surface area contributed by atoms with E-state index in [9.17, 15) is 4.39 Å². The first-order valence-electron chi connectivity index (χ1n) is 6.97. The van der Waals surface area contributed by atoms with Crippen LogP contribution in [0.25, 0.3) is 28.4 Å². The topological polar surface area (TPSA) is 48.0 Å². The predicted molar refractivity (Wildman–Crippen MR) is 88.4 cm³/mol. The fraction of sp³-hybridized carbons (Fsp3) is 0.0625. The number of thiophene rings is 1. The average molecular weight is 325 g/mol. The number of rotatable bonds is 3. The zero-order valence-corrected chi connectivity index (χ0v) is 13.0. The number of pyridine rings is 1. The third-order valence-electron chi connectivity index (χ3n) is 3.40. The van der Waals surface area contributed by atoms with Crippen molar-refractivity contribution in [3.8, 4) is 10.6 Å². The molecule has 23 heavy (non-hydrogen) atoms. The highest BCUT2D eigenvalue weighted by Gasteiger charge is 2.08. The molecule has 0 aliphatic heterocycles. The van der Waals surface area contributed by atoms with Crippen LogP contribution in [0.15, 0.2) is 42.0 Å². The number of aryl methyl sites for hydroxylation is 1. The maximum absolute atomic E-state index is 13.6. The first kappa shape index (κ1) is 13.8. The number of fused-ring (bicyclic) bond motifs is 1. The molecule has 4 heterocycles. The summed E-state index contributed by atoms with van der Waals surface area (Å²) >= 11 is 1.65. The van der Waals surface area contributed by atoms with Gasteiger partial charge in [-0.1, -0.05) is 6.07 Å². The Kier molecular flexibility index (Phi) is 3.27. The summed E-state index contributed by atoms with van der Waals surface area (Å²) in [7, 11) is 1.93. The Morgan fingerprint density at radius 2 is 2.09 bits per heavy atom. The van der Waals surface area contributed by atoms with Crippen molar-refractivity contribution in [3.63, 3.8) is 0 Å². The number of hydrogen-bond donors (Lipinski definition) is 0. The summed E-state index contributed by atoms with van der Waals surface area (Å²) in [6.07, 6.45) is 7.19. The molecule has 0 amide bonds. The minimum absolute atomic E-state index is 0.214. The molecule has 0 N–H and O–H groups in total. The van der Waals surface area contributed by atoms with Crippen molar-refractivity contribution in [2.24, 2.45) is 7.05 Å². The fourth-order valence-corrected chi connectivity index (χ4v) is 2.97. The Balaban J connectivity index is 1.66. The Hall–Kier alpha value is -2.80. The number of aromatic nitrogens is 5. The monoisotopic (exact) mass is 325 g/mol. The van der Waals surface area contributed by atoms with Crippen molar-refractivity contribution in [1.82, 2.24) is 24.1 Å². The smallest absolute Gasteiger partial charge is 0.191 e. The third-order valence-corrected chi connectivity index (χ3v) is 4.29. The van der Waals surface area contributed by atoms with Crippen molar-refractivity contribution in [1.29, 1.82) is 0 Å². The highest BCUT2D eigenvalue weighted by Crippen LogP contribution is 2.23. The van der Waals surface area contributed by atoms with Crippen molar-refractivity contribution < 1.29 is 4.39 Å². The molecule has 0 saturated carbocycles. The SMILES string of the molecule is Cn1cc(-c2cccs2)nc1/C=C/c1nc2c(F)cccn2n1. The van der Waals surface area contributed by atoms with Crippen LogP contribution in [0.1, 0.15) is 11.6 Å². The highest BCUT2D eigenvalue weighted by molar-refractivity contribution is 7.13. The molecular weight excluding hydrogens is 313 g/mol. The summed E-state index contributed by atoms with van der Waals surface area (Å²) in [5.74, 6) is 0.833. The zero-order chi connectivity index (χ0) is 15.8. The predicted octanol–water partition coefficient (Wildman–Crippen LogP) is 3.50. The van der Waals surface area contributed by atoms with Crippen molar-refractivity contribution in [3.05, 3.63) is 59.5 Å². The van der Waals surface area contributed by atoms with Crippen LogP contribution in [0.5, 0.6) is 0 Å². The second-order valence-electron chi connectivity index (χ2n) is 5.00. The van der Waals surface area contributed by atoms with E-state index >= 15 is 0 Å². The molecule has 0 fully saturated rings. The first-order chi connectivity index (χ1) is 11.2. The Morgan fingerprint density at radius 3 is 2.87 bits per heavy atom. The van der Waals surface area contributed by atoms with Crippen LogP contribution in [0.2, 0.25) is 0 Å². The van der Waals surface area contributed by atoms with E-state index in [0.717, 1.165) is 16.4 Å². The molecule has 5 nitrogen and oxygen atoms in total. The maximum atomic E-state index is 13.6. The second-order valence-corrected chi connectivity index (χ2v) is 5.95. The van der Waals surface area contributed by atoms with Gasteiger partial charge in [0.25, 0.3) is 0 Å². The quantitative estimate of drug-likeness (QED) is 0.579.